The molecule has 1 heterocycles. The van der Waals surface area contributed by atoms with Crippen LogP contribution in [-0.4, -0.2) is 18.5 Å². The fourth-order valence-electron chi connectivity index (χ4n) is 0.828. The summed E-state index contributed by atoms with van der Waals surface area (Å²) in [5, 5.41) is 0. The number of hydrogen-bond acceptors (Lipinski definition) is 3. The molecule has 0 aliphatic heterocycles. The van der Waals surface area contributed by atoms with Crippen LogP contribution in [0.2, 0.25) is 0 Å². The van der Waals surface area contributed by atoms with Gasteiger partial charge in [-0.3, -0.25) is 0 Å². The van der Waals surface area contributed by atoms with Crippen molar-refractivity contribution in [3.63, 3.8) is 0 Å². The second-order valence-corrected chi connectivity index (χ2v) is 4.64. The van der Waals surface area contributed by atoms with Gasteiger partial charge in [-0.25, -0.2) is 13.0 Å². The average Bonchev–Trinajstić information content (AvgIpc) is 2.12. The van der Waals surface area contributed by atoms with E-state index in [4.69, 9.17) is 13.0 Å². The van der Waals surface area contributed by atoms with E-state index in [1.807, 2.05) is 0 Å². The Bertz CT molecular complexity index is 462. The molecule has 1 aromatic heterocycles. The quantitative estimate of drug-likeness (QED) is 0.404. The Hall–Kier alpha value is -1.15. The van der Waals surface area contributed by atoms with Crippen molar-refractivity contribution in [2.75, 3.05) is 0 Å². The molecular formula is C9H12F3NO3S. The first-order valence-electron chi connectivity index (χ1n) is 4.41. The van der Waals surface area contributed by atoms with Crippen LogP contribution in [0.5, 0.6) is 0 Å². The van der Waals surface area contributed by atoms with Crippen LogP contribution in [0, 0.1) is 13.8 Å². The highest BCUT2D eigenvalue weighted by molar-refractivity contribution is 7.86. The molecule has 0 amide bonds. The summed E-state index contributed by atoms with van der Waals surface area (Å²) in [5.41, 5.74) is -3.04. The lowest BCUT2D eigenvalue weighted by Gasteiger charge is -2.08. The molecule has 1 aromatic rings. The van der Waals surface area contributed by atoms with Crippen LogP contribution >= 0.6 is 0 Å². The maximum atomic E-state index is 10.7. The van der Waals surface area contributed by atoms with E-state index in [1.165, 1.54) is 11.4 Å². The zero-order valence-corrected chi connectivity index (χ0v) is 10.3. The number of hydrogen-bond donors (Lipinski definition) is 0. The van der Waals surface area contributed by atoms with E-state index in [0.29, 0.717) is 0 Å². The zero-order chi connectivity index (χ0) is 13.9. The van der Waals surface area contributed by atoms with Gasteiger partial charge in [-0.1, -0.05) is 0 Å². The van der Waals surface area contributed by atoms with Gasteiger partial charge in [-0.2, -0.15) is 13.2 Å². The Balaban J connectivity index is 0.000000304. The van der Waals surface area contributed by atoms with Crippen molar-refractivity contribution in [3.8, 4) is 0 Å². The smallest absolute Gasteiger partial charge is 0.485 e. The molecule has 0 fully saturated rings. The summed E-state index contributed by atoms with van der Waals surface area (Å²) in [4.78, 5) is 0. The van der Waals surface area contributed by atoms with Crippen LogP contribution in [0.1, 0.15) is 11.4 Å². The highest BCUT2D eigenvalue weighted by Crippen LogP contribution is 2.20. The maximum absolute atomic E-state index is 10.7. The molecule has 0 saturated heterocycles. The van der Waals surface area contributed by atoms with E-state index in [1.54, 1.807) is 0 Å². The van der Waals surface area contributed by atoms with Gasteiger partial charge in [0.05, 0.1) is 0 Å². The summed E-state index contributed by atoms with van der Waals surface area (Å²) >= 11 is 0. The summed E-state index contributed by atoms with van der Waals surface area (Å²) < 4.78 is 61.1. The molecule has 0 spiro atoms. The molecule has 0 N–H and O–H groups in total. The number of rotatable bonds is 0. The first kappa shape index (κ1) is 15.9. The summed E-state index contributed by atoms with van der Waals surface area (Å²) in [6.45, 7) is 4.21. The van der Waals surface area contributed by atoms with Crippen molar-refractivity contribution in [2.45, 2.75) is 19.4 Å². The normalized spacial score (nSPS) is 11.7. The van der Waals surface area contributed by atoms with Gasteiger partial charge in [0.1, 0.15) is 7.05 Å². The summed E-state index contributed by atoms with van der Waals surface area (Å²) in [7, 11) is -4.02. The fraction of sp³-hybridized carbons (Fsp3) is 0.444. The molecule has 98 valence electrons. The van der Waals surface area contributed by atoms with Gasteiger partial charge in [0.15, 0.2) is 21.5 Å². The van der Waals surface area contributed by atoms with Gasteiger partial charge < -0.3 is 4.55 Å². The fourth-order valence-corrected chi connectivity index (χ4v) is 0.828. The predicted octanol–water partition coefficient (Wildman–Crippen LogP) is 1.18. The molecular weight excluding hydrogens is 259 g/mol. The van der Waals surface area contributed by atoms with E-state index >= 15 is 0 Å². The van der Waals surface area contributed by atoms with Crippen molar-refractivity contribution in [1.82, 2.24) is 0 Å². The largest absolute Gasteiger partial charge is 0.741 e. The topological polar surface area (TPSA) is 61.1 Å². The second-order valence-electron chi connectivity index (χ2n) is 3.27. The van der Waals surface area contributed by atoms with Gasteiger partial charge in [0.2, 0.25) is 0 Å². The van der Waals surface area contributed by atoms with Gasteiger partial charge in [-0.15, -0.1) is 0 Å². The van der Waals surface area contributed by atoms with Crippen LogP contribution in [-0.2, 0) is 17.2 Å². The minimum absolute atomic E-state index is 1.30. The SMILES string of the molecule is Cc1cccc(C)[n+]1C.O=S(=O)([O-])C(F)(F)F. The molecule has 0 aliphatic carbocycles. The van der Waals surface area contributed by atoms with Crippen LogP contribution in [0.25, 0.3) is 0 Å². The average molecular weight is 271 g/mol. The number of aryl methyl sites for hydroxylation is 2. The van der Waals surface area contributed by atoms with Crippen molar-refractivity contribution >= 4 is 10.1 Å². The highest BCUT2D eigenvalue weighted by Gasteiger charge is 2.36. The zero-order valence-electron chi connectivity index (χ0n) is 9.45. The lowest BCUT2D eigenvalue weighted by atomic mass is 10.3. The molecule has 0 saturated carbocycles. The number of alkyl halides is 3. The molecule has 17 heavy (non-hydrogen) atoms. The number of pyridine rings is 1. The van der Waals surface area contributed by atoms with E-state index in [2.05, 4.69) is 43.7 Å². The van der Waals surface area contributed by atoms with Gasteiger partial charge in [-0.05, 0) is 6.07 Å². The molecule has 0 aromatic carbocycles. The lowest BCUT2D eigenvalue weighted by molar-refractivity contribution is -0.683. The van der Waals surface area contributed by atoms with Gasteiger partial charge in [0.25, 0.3) is 0 Å². The van der Waals surface area contributed by atoms with Crippen molar-refractivity contribution in [3.05, 3.63) is 29.6 Å². The molecule has 0 bridgehead atoms. The Labute approximate surface area is 97.5 Å². The summed E-state index contributed by atoms with van der Waals surface area (Å²) in [5.74, 6) is 0. The second kappa shape index (κ2) is 5.46. The standard InChI is InChI=1S/C8H12N.CHF3O3S/c1-7-5-4-6-8(2)9(7)3;2-1(3,4)8(5,6)7/h4-6H,1-3H3;(H,5,6,7)/q+1;/p-1. The molecule has 0 atom stereocenters. The Morgan fingerprint density at radius 1 is 1.18 bits per heavy atom. The third kappa shape index (κ3) is 5.14. The van der Waals surface area contributed by atoms with Gasteiger partial charge in [0, 0.05) is 26.0 Å². The first-order valence-corrected chi connectivity index (χ1v) is 5.82. The monoisotopic (exact) mass is 271 g/mol. The van der Waals surface area contributed by atoms with Crippen molar-refractivity contribution in [2.24, 2.45) is 7.05 Å². The summed E-state index contributed by atoms with van der Waals surface area (Å²) in [6.07, 6.45) is 0. The number of aromatic nitrogens is 1. The third-order valence-corrected chi connectivity index (χ3v) is 2.58. The molecule has 4 nitrogen and oxygen atoms in total. The highest BCUT2D eigenvalue weighted by atomic mass is 32.2. The minimum atomic E-state index is -6.09. The summed E-state index contributed by atoms with van der Waals surface area (Å²) in [6, 6.07) is 6.28. The first-order chi connectivity index (χ1) is 7.47. The van der Waals surface area contributed by atoms with Crippen molar-refractivity contribution < 1.29 is 30.7 Å². The third-order valence-electron chi connectivity index (χ3n) is 2.02. The van der Waals surface area contributed by atoms with E-state index < -0.39 is 15.6 Å². The van der Waals surface area contributed by atoms with Crippen LogP contribution < -0.4 is 4.57 Å². The lowest BCUT2D eigenvalue weighted by Crippen LogP contribution is -2.34. The molecule has 1 rings (SSSR count). The van der Waals surface area contributed by atoms with Crippen LogP contribution in [0.15, 0.2) is 18.2 Å². The predicted molar refractivity (Wildman–Crippen MR) is 52.8 cm³/mol. The van der Waals surface area contributed by atoms with Crippen LogP contribution in [0.3, 0.4) is 0 Å². The molecule has 0 aliphatic rings. The van der Waals surface area contributed by atoms with Gasteiger partial charge >= 0.3 is 5.51 Å². The Morgan fingerprint density at radius 2 is 1.47 bits per heavy atom. The molecule has 0 radical (unpaired) electrons. The Morgan fingerprint density at radius 3 is 1.65 bits per heavy atom. The maximum Gasteiger partial charge on any atom is 0.485 e. The molecule has 0 unspecified atom stereocenters. The van der Waals surface area contributed by atoms with Crippen LogP contribution in [0.4, 0.5) is 13.2 Å². The number of nitrogens with zero attached hydrogens (tertiary/aromatic N) is 1. The molecule has 8 heteroatoms. The van der Waals surface area contributed by atoms with E-state index in [9.17, 15) is 13.2 Å². The number of halogens is 3. The van der Waals surface area contributed by atoms with E-state index in [0.717, 1.165) is 0 Å². The minimum Gasteiger partial charge on any atom is -0.741 e. The van der Waals surface area contributed by atoms with Crippen molar-refractivity contribution in [1.29, 1.82) is 0 Å². The van der Waals surface area contributed by atoms with E-state index in [-0.39, 0.29) is 0 Å². The Kier molecular flexibility index (Phi) is 5.09.